The Balaban J connectivity index is 4.62. The van der Waals surface area contributed by atoms with Crippen molar-refractivity contribution in [2.75, 3.05) is 6.61 Å². The van der Waals surface area contributed by atoms with Crippen LogP contribution in [0, 0.1) is 0 Å². The number of nitrogens with one attached hydrogen (secondary N) is 1. The van der Waals surface area contributed by atoms with E-state index in [1.165, 1.54) is 154 Å². The van der Waals surface area contributed by atoms with E-state index in [2.05, 4.69) is 86.8 Å². The number of allylic oxidation sites excluding steroid dienone is 10. The quantitative estimate of drug-likeness (QED) is 0.0321. The standard InChI is InChI=1S/C59H107NO5/c1-4-7-10-13-16-19-22-25-27-29-31-34-37-40-43-46-49-52-59(64)65-55(50-47-44-41-38-35-32-24-21-18-15-12-9-6-3)53-58(63)60-56(54-61)57(62)51-48-45-42-39-36-33-30-28-26-23-20-17-14-11-8-5-2/h16,19,21,24-25,27,31,34,40,43,55-57,61-62H,4-15,17-18,20,22-23,26,28-30,32-33,35-39,41-42,44-54H2,1-3H3,(H,60,63)/b19-16-,24-21-,27-25-,34-31-,43-40-. The third-order valence-electron chi connectivity index (χ3n) is 12.6. The first-order valence-corrected chi connectivity index (χ1v) is 28.0. The van der Waals surface area contributed by atoms with Gasteiger partial charge in [0.2, 0.25) is 5.91 Å². The molecule has 0 aromatic carbocycles. The van der Waals surface area contributed by atoms with Crippen LogP contribution in [-0.2, 0) is 14.3 Å². The number of carbonyl (C=O) groups is 2. The molecular weight excluding hydrogens is 803 g/mol. The van der Waals surface area contributed by atoms with E-state index in [4.69, 9.17) is 4.74 Å². The average molecular weight is 911 g/mol. The molecule has 3 atom stereocenters. The molecule has 0 aliphatic heterocycles. The van der Waals surface area contributed by atoms with Crippen molar-refractivity contribution in [1.29, 1.82) is 0 Å². The molecule has 3 N–H and O–H groups in total. The van der Waals surface area contributed by atoms with Gasteiger partial charge in [0, 0.05) is 6.42 Å². The van der Waals surface area contributed by atoms with E-state index in [0.717, 1.165) is 70.6 Å². The van der Waals surface area contributed by atoms with Crippen molar-refractivity contribution < 1.29 is 24.5 Å². The first-order valence-electron chi connectivity index (χ1n) is 28.0. The molecule has 65 heavy (non-hydrogen) atoms. The van der Waals surface area contributed by atoms with Gasteiger partial charge in [0.05, 0.1) is 25.2 Å². The van der Waals surface area contributed by atoms with Crippen molar-refractivity contribution in [2.45, 2.75) is 296 Å². The number of unbranched alkanes of at least 4 members (excludes halogenated alkanes) is 28. The van der Waals surface area contributed by atoms with Gasteiger partial charge in [-0.15, -0.1) is 0 Å². The van der Waals surface area contributed by atoms with E-state index in [1.54, 1.807) is 0 Å². The molecule has 6 nitrogen and oxygen atoms in total. The van der Waals surface area contributed by atoms with Crippen molar-refractivity contribution in [3.63, 3.8) is 0 Å². The second-order valence-electron chi connectivity index (χ2n) is 19.0. The van der Waals surface area contributed by atoms with Crippen LogP contribution < -0.4 is 5.32 Å². The monoisotopic (exact) mass is 910 g/mol. The SMILES string of the molecule is CCCCC/C=C\C/C=C\C/C=C\C/C=C\CCCC(=O)OC(CCCCCCC/C=C\CCCCCC)CC(=O)NC(CO)C(O)CCCCCCCCCCCCCCCCCC. The van der Waals surface area contributed by atoms with E-state index in [9.17, 15) is 19.8 Å². The number of ether oxygens (including phenoxy) is 1. The summed E-state index contributed by atoms with van der Waals surface area (Å²) in [5.74, 6) is -0.544. The molecule has 378 valence electrons. The molecule has 0 spiro atoms. The Morgan fingerprint density at radius 3 is 1.25 bits per heavy atom. The summed E-state index contributed by atoms with van der Waals surface area (Å²) in [4.78, 5) is 26.2. The first-order chi connectivity index (χ1) is 32.0. The lowest BCUT2D eigenvalue weighted by atomic mass is 10.0. The molecule has 0 bridgehead atoms. The van der Waals surface area contributed by atoms with Gasteiger partial charge in [0.15, 0.2) is 0 Å². The van der Waals surface area contributed by atoms with E-state index in [0.29, 0.717) is 25.7 Å². The molecular formula is C59H107NO5. The fourth-order valence-electron chi connectivity index (χ4n) is 8.30. The molecule has 0 aliphatic rings. The van der Waals surface area contributed by atoms with Gasteiger partial charge in [-0.05, 0) is 89.9 Å². The summed E-state index contributed by atoms with van der Waals surface area (Å²) in [6, 6.07) is -0.717. The number of carbonyl (C=O) groups excluding carboxylic acids is 2. The smallest absolute Gasteiger partial charge is 0.306 e. The fraction of sp³-hybridized carbons (Fsp3) is 0.797. The van der Waals surface area contributed by atoms with E-state index in [-0.39, 0.29) is 24.9 Å². The van der Waals surface area contributed by atoms with Crippen LogP contribution in [0.15, 0.2) is 60.8 Å². The summed E-state index contributed by atoms with van der Waals surface area (Å²) in [5.41, 5.74) is 0. The minimum absolute atomic E-state index is 0.0498. The number of aliphatic hydroxyl groups excluding tert-OH is 2. The molecule has 0 saturated carbocycles. The maximum atomic E-state index is 13.2. The highest BCUT2D eigenvalue weighted by atomic mass is 16.5. The Morgan fingerprint density at radius 1 is 0.446 bits per heavy atom. The van der Waals surface area contributed by atoms with Crippen molar-refractivity contribution in [3.8, 4) is 0 Å². The Bertz CT molecular complexity index is 1160. The number of hydrogen-bond acceptors (Lipinski definition) is 5. The summed E-state index contributed by atoms with van der Waals surface area (Å²) in [5, 5.41) is 23.8. The molecule has 0 heterocycles. The molecule has 6 heteroatoms. The lowest BCUT2D eigenvalue weighted by Crippen LogP contribution is -2.46. The zero-order valence-corrected chi connectivity index (χ0v) is 43.1. The summed E-state index contributed by atoms with van der Waals surface area (Å²) < 4.78 is 5.92. The lowest BCUT2D eigenvalue weighted by Gasteiger charge is -2.24. The van der Waals surface area contributed by atoms with Crippen LogP contribution in [0.5, 0.6) is 0 Å². The summed E-state index contributed by atoms with van der Waals surface area (Å²) in [7, 11) is 0. The van der Waals surface area contributed by atoms with Crippen LogP contribution in [-0.4, -0.2) is 46.9 Å². The minimum Gasteiger partial charge on any atom is -0.462 e. The topological polar surface area (TPSA) is 95.9 Å². The third kappa shape index (κ3) is 47.8. The second kappa shape index (κ2) is 52.5. The van der Waals surface area contributed by atoms with Gasteiger partial charge >= 0.3 is 5.97 Å². The van der Waals surface area contributed by atoms with Gasteiger partial charge in [-0.2, -0.15) is 0 Å². The minimum atomic E-state index is -0.801. The fourth-order valence-corrected chi connectivity index (χ4v) is 8.30. The number of hydrogen-bond donors (Lipinski definition) is 3. The average Bonchev–Trinajstić information content (AvgIpc) is 3.30. The molecule has 0 aliphatic carbocycles. The van der Waals surface area contributed by atoms with Gasteiger partial charge in [0.1, 0.15) is 6.10 Å². The van der Waals surface area contributed by atoms with Gasteiger partial charge in [-0.3, -0.25) is 9.59 Å². The Morgan fingerprint density at radius 2 is 0.785 bits per heavy atom. The maximum absolute atomic E-state index is 13.2. The Kier molecular flexibility index (Phi) is 50.6. The number of esters is 1. The van der Waals surface area contributed by atoms with Crippen molar-refractivity contribution in [1.82, 2.24) is 5.32 Å². The second-order valence-corrected chi connectivity index (χ2v) is 19.0. The Labute approximate surface area is 403 Å². The zero-order valence-electron chi connectivity index (χ0n) is 43.1. The third-order valence-corrected chi connectivity index (χ3v) is 12.6. The van der Waals surface area contributed by atoms with Gasteiger partial charge in [-0.1, -0.05) is 236 Å². The predicted octanol–water partition coefficient (Wildman–Crippen LogP) is 17.2. The largest absolute Gasteiger partial charge is 0.462 e. The van der Waals surface area contributed by atoms with Crippen LogP contribution in [0.4, 0.5) is 0 Å². The zero-order chi connectivity index (χ0) is 47.4. The molecule has 0 fully saturated rings. The highest BCUT2D eigenvalue weighted by Gasteiger charge is 2.24. The van der Waals surface area contributed by atoms with E-state index in [1.807, 2.05) is 0 Å². The van der Waals surface area contributed by atoms with Crippen molar-refractivity contribution >= 4 is 11.9 Å². The van der Waals surface area contributed by atoms with E-state index < -0.39 is 18.2 Å². The van der Waals surface area contributed by atoms with Crippen LogP contribution in [0.1, 0.15) is 278 Å². The highest BCUT2D eigenvalue weighted by molar-refractivity contribution is 5.77. The molecule has 0 radical (unpaired) electrons. The summed E-state index contributed by atoms with van der Waals surface area (Å²) in [6.45, 7) is 6.45. The highest BCUT2D eigenvalue weighted by Crippen LogP contribution is 2.18. The van der Waals surface area contributed by atoms with Gasteiger partial charge < -0.3 is 20.3 Å². The molecule has 3 unspecified atom stereocenters. The molecule has 0 aromatic rings. The van der Waals surface area contributed by atoms with Crippen LogP contribution in [0.25, 0.3) is 0 Å². The molecule has 0 saturated heterocycles. The molecule has 0 aromatic heterocycles. The van der Waals surface area contributed by atoms with Crippen LogP contribution >= 0.6 is 0 Å². The van der Waals surface area contributed by atoms with Gasteiger partial charge in [-0.25, -0.2) is 0 Å². The number of rotatable bonds is 50. The number of aliphatic hydroxyl groups is 2. The van der Waals surface area contributed by atoms with Crippen molar-refractivity contribution in [3.05, 3.63) is 60.8 Å². The van der Waals surface area contributed by atoms with Gasteiger partial charge in [0.25, 0.3) is 0 Å². The molecule has 0 rings (SSSR count). The lowest BCUT2D eigenvalue weighted by molar-refractivity contribution is -0.151. The first kappa shape index (κ1) is 62.6. The Hall–Kier alpha value is -2.44. The van der Waals surface area contributed by atoms with Crippen LogP contribution in [0.2, 0.25) is 0 Å². The van der Waals surface area contributed by atoms with Crippen molar-refractivity contribution in [2.24, 2.45) is 0 Å². The summed E-state index contributed by atoms with van der Waals surface area (Å²) >= 11 is 0. The van der Waals surface area contributed by atoms with E-state index >= 15 is 0 Å². The normalized spacial score (nSPS) is 13.6. The maximum Gasteiger partial charge on any atom is 0.306 e. The van der Waals surface area contributed by atoms with Crippen LogP contribution in [0.3, 0.4) is 0 Å². The molecule has 1 amide bonds. The predicted molar refractivity (Wildman–Crippen MR) is 282 cm³/mol. The summed E-state index contributed by atoms with van der Waals surface area (Å²) in [6.07, 6.45) is 65.7. The number of amides is 1.